The minimum atomic E-state index is -0.641. The Kier molecular flexibility index (Phi) is 1.96. The number of carbonyl (C=O) groups excluding carboxylic acids is 1. The molecule has 1 aromatic heterocycles. The van der Waals surface area contributed by atoms with Crippen LogP contribution in [0, 0.1) is 0 Å². The topological polar surface area (TPSA) is 56.0 Å². The maximum atomic E-state index is 11.8. The van der Waals surface area contributed by atoms with Crippen LogP contribution in [-0.4, -0.2) is 10.9 Å². The number of hydrogen-bond donors (Lipinski definition) is 1. The number of primary amides is 1. The lowest BCUT2D eigenvalue weighted by Crippen LogP contribution is -2.08. The molecule has 2 N–H and O–H groups in total. The summed E-state index contributed by atoms with van der Waals surface area (Å²) in [5, 5.41) is 0.286. The number of nitrogens with zero attached hydrogens (tertiary/aromatic N) is 1. The molecule has 1 rings (SSSR count). The fourth-order valence-corrected chi connectivity index (χ4v) is 1.11. The van der Waals surface area contributed by atoms with Gasteiger partial charge in [-0.1, -0.05) is 0 Å². The van der Waals surface area contributed by atoms with Gasteiger partial charge < -0.3 is 5.73 Å². The predicted molar refractivity (Wildman–Crippen MR) is 35.4 cm³/mol. The van der Waals surface area contributed by atoms with Crippen LogP contribution in [0.25, 0.3) is 0 Å². The van der Waals surface area contributed by atoms with Crippen LogP contribution < -0.4 is 5.73 Å². The summed E-state index contributed by atoms with van der Waals surface area (Å²) in [5.41, 5.74) is 4.89. The van der Waals surface area contributed by atoms with Gasteiger partial charge in [0.2, 0.25) is 0 Å². The summed E-state index contributed by atoms with van der Waals surface area (Å²) < 4.78 is 11.8. The van der Waals surface area contributed by atoms with Gasteiger partial charge in [-0.05, 0) is 0 Å². The van der Waals surface area contributed by atoms with Crippen LogP contribution in [0.4, 0.5) is 4.39 Å². The Balaban J connectivity index is 2.88. The van der Waals surface area contributed by atoms with Crippen molar-refractivity contribution in [1.29, 1.82) is 0 Å². The molecule has 0 aliphatic rings. The molecule has 0 atom stereocenters. The van der Waals surface area contributed by atoms with E-state index in [1.54, 1.807) is 0 Å². The molecule has 1 aromatic rings. The average Bonchev–Trinajstić information content (AvgIpc) is 2.34. The molecule has 0 fully saturated rings. The lowest BCUT2D eigenvalue weighted by Gasteiger charge is -1.80. The van der Waals surface area contributed by atoms with E-state index in [1.807, 2.05) is 0 Å². The summed E-state index contributed by atoms with van der Waals surface area (Å²) in [7, 11) is 0. The van der Waals surface area contributed by atoms with Crippen LogP contribution in [0.1, 0.15) is 14.7 Å². The van der Waals surface area contributed by atoms with Gasteiger partial charge >= 0.3 is 0 Å². The molecule has 0 bridgehead atoms. The molecule has 1 amide bonds. The van der Waals surface area contributed by atoms with Crippen LogP contribution in [0.3, 0.4) is 0 Å². The summed E-state index contributed by atoms with van der Waals surface area (Å²) in [6.07, 6.45) is 1.28. The number of amides is 1. The van der Waals surface area contributed by atoms with E-state index in [1.165, 1.54) is 6.20 Å². The van der Waals surface area contributed by atoms with Crippen molar-refractivity contribution < 1.29 is 9.18 Å². The third-order valence-electron chi connectivity index (χ3n) is 0.911. The molecule has 0 unspecified atom stereocenters. The third kappa shape index (κ3) is 1.30. The van der Waals surface area contributed by atoms with Gasteiger partial charge in [-0.3, -0.25) is 4.79 Å². The SMILES string of the molecule is NC(=O)c1cnc(CF)s1. The Labute approximate surface area is 60.7 Å². The van der Waals surface area contributed by atoms with Gasteiger partial charge in [0.05, 0.1) is 6.20 Å². The number of alkyl halides is 1. The van der Waals surface area contributed by atoms with Crippen molar-refractivity contribution >= 4 is 17.2 Å². The fourth-order valence-electron chi connectivity index (χ4n) is 0.486. The first kappa shape index (κ1) is 7.14. The van der Waals surface area contributed by atoms with Crippen LogP contribution in [0.2, 0.25) is 0 Å². The first-order chi connectivity index (χ1) is 4.74. The van der Waals surface area contributed by atoms with Gasteiger partial charge in [0.15, 0.2) is 0 Å². The molecule has 54 valence electrons. The molecule has 0 spiro atoms. The highest BCUT2D eigenvalue weighted by molar-refractivity contribution is 7.13. The number of hydrogen-bond acceptors (Lipinski definition) is 3. The van der Waals surface area contributed by atoms with E-state index in [-0.39, 0.29) is 5.01 Å². The van der Waals surface area contributed by atoms with Crippen molar-refractivity contribution in [3.05, 3.63) is 16.1 Å². The number of carbonyl (C=O) groups is 1. The summed E-state index contributed by atoms with van der Waals surface area (Å²) >= 11 is 0.980. The molecule has 5 heteroatoms. The van der Waals surface area contributed by atoms with Gasteiger partial charge in [0.1, 0.15) is 16.6 Å². The Morgan fingerprint density at radius 1 is 1.90 bits per heavy atom. The molecular weight excluding hydrogens is 155 g/mol. The first-order valence-corrected chi connectivity index (χ1v) is 3.36. The molecular formula is C5H5FN2OS. The zero-order valence-corrected chi connectivity index (χ0v) is 5.82. The zero-order chi connectivity index (χ0) is 7.56. The van der Waals surface area contributed by atoms with Gasteiger partial charge in [-0.25, -0.2) is 9.37 Å². The molecule has 0 aliphatic heterocycles. The number of rotatable bonds is 2. The van der Waals surface area contributed by atoms with Crippen LogP contribution >= 0.6 is 11.3 Å². The number of aromatic nitrogens is 1. The van der Waals surface area contributed by atoms with E-state index >= 15 is 0 Å². The van der Waals surface area contributed by atoms with Crippen molar-refractivity contribution in [2.75, 3.05) is 0 Å². The lowest BCUT2D eigenvalue weighted by molar-refractivity contribution is 0.100. The number of halogens is 1. The van der Waals surface area contributed by atoms with E-state index in [2.05, 4.69) is 4.98 Å². The van der Waals surface area contributed by atoms with Crippen molar-refractivity contribution in [3.8, 4) is 0 Å². The molecule has 0 saturated heterocycles. The minimum absolute atomic E-state index is 0.286. The minimum Gasteiger partial charge on any atom is -0.365 e. The lowest BCUT2D eigenvalue weighted by atomic mass is 10.5. The smallest absolute Gasteiger partial charge is 0.260 e. The maximum Gasteiger partial charge on any atom is 0.260 e. The molecule has 3 nitrogen and oxygen atoms in total. The van der Waals surface area contributed by atoms with Crippen LogP contribution in [0.5, 0.6) is 0 Å². The second-order valence-corrected chi connectivity index (χ2v) is 2.73. The zero-order valence-electron chi connectivity index (χ0n) is 5.00. The highest BCUT2D eigenvalue weighted by Gasteiger charge is 2.04. The highest BCUT2D eigenvalue weighted by atomic mass is 32.1. The Bertz CT molecular complexity index is 248. The van der Waals surface area contributed by atoms with E-state index in [4.69, 9.17) is 5.73 Å². The molecule has 0 aliphatic carbocycles. The average molecular weight is 160 g/mol. The van der Waals surface area contributed by atoms with Crippen LogP contribution in [0.15, 0.2) is 6.20 Å². The van der Waals surface area contributed by atoms with Gasteiger partial charge in [0.25, 0.3) is 5.91 Å². The Morgan fingerprint density at radius 2 is 2.60 bits per heavy atom. The summed E-state index contributed by atoms with van der Waals surface area (Å²) in [6, 6.07) is 0. The van der Waals surface area contributed by atoms with E-state index in [0.717, 1.165) is 11.3 Å². The van der Waals surface area contributed by atoms with Crippen molar-refractivity contribution in [2.45, 2.75) is 6.67 Å². The molecule has 0 saturated carbocycles. The van der Waals surface area contributed by atoms with Crippen molar-refractivity contribution in [3.63, 3.8) is 0 Å². The maximum absolute atomic E-state index is 11.8. The molecule has 0 aromatic carbocycles. The van der Waals surface area contributed by atoms with Crippen LogP contribution in [-0.2, 0) is 6.67 Å². The van der Waals surface area contributed by atoms with E-state index in [0.29, 0.717) is 4.88 Å². The third-order valence-corrected chi connectivity index (χ3v) is 1.89. The highest BCUT2D eigenvalue weighted by Crippen LogP contribution is 2.12. The second kappa shape index (κ2) is 2.74. The van der Waals surface area contributed by atoms with Gasteiger partial charge in [0, 0.05) is 0 Å². The summed E-state index contributed by atoms with van der Waals surface area (Å²) in [4.78, 5) is 14.3. The first-order valence-electron chi connectivity index (χ1n) is 2.54. The Morgan fingerprint density at radius 3 is 2.90 bits per heavy atom. The predicted octanol–water partition coefficient (Wildman–Crippen LogP) is 0.712. The summed E-state index contributed by atoms with van der Waals surface area (Å²) in [5.74, 6) is -0.558. The fraction of sp³-hybridized carbons (Fsp3) is 0.200. The van der Waals surface area contributed by atoms with E-state index in [9.17, 15) is 9.18 Å². The van der Waals surface area contributed by atoms with Gasteiger partial charge in [-0.15, -0.1) is 11.3 Å². The largest absolute Gasteiger partial charge is 0.365 e. The van der Waals surface area contributed by atoms with Gasteiger partial charge in [-0.2, -0.15) is 0 Å². The van der Waals surface area contributed by atoms with Crippen molar-refractivity contribution in [2.24, 2.45) is 5.73 Å². The summed E-state index contributed by atoms with van der Waals surface area (Å²) in [6.45, 7) is -0.641. The Hall–Kier alpha value is -0.970. The normalized spacial score (nSPS) is 9.70. The molecule has 1 heterocycles. The number of nitrogens with two attached hydrogens (primary N) is 1. The second-order valence-electron chi connectivity index (χ2n) is 1.62. The standard InChI is InChI=1S/C5H5FN2OS/c6-1-4-8-2-3(10-4)5(7)9/h2H,1H2,(H2,7,9). The quantitative estimate of drug-likeness (QED) is 0.692. The van der Waals surface area contributed by atoms with E-state index < -0.39 is 12.6 Å². The van der Waals surface area contributed by atoms with Crippen molar-refractivity contribution in [1.82, 2.24) is 4.98 Å². The molecule has 0 radical (unpaired) electrons. The number of thiazole rings is 1. The molecule has 10 heavy (non-hydrogen) atoms. The monoisotopic (exact) mass is 160 g/mol.